The van der Waals surface area contributed by atoms with Crippen molar-refractivity contribution in [2.45, 2.75) is 18.7 Å². The number of sulfonamides is 1. The van der Waals surface area contributed by atoms with E-state index in [1.807, 2.05) is 54.3 Å². The minimum absolute atomic E-state index is 0.259. The van der Waals surface area contributed by atoms with Crippen molar-refractivity contribution in [1.82, 2.24) is 4.90 Å². The van der Waals surface area contributed by atoms with Crippen LogP contribution in [0.1, 0.15) is 16.7 Å². The topological polar surface area (TPSA) is 59.0 Å². The zero-order chi connectivity index (χ0) is 17.9. The smallest absolute Gasteiger partial charge is 0.284 e. The van der Waals surface area contributed by atoms with E-state index in [2.05, 4.69) is 4.40 Å². The fourth-order valence-electron chi connectivity index (χ4n) is 2.80. The second-order valence-electron chi connectivity index (χ2n) is 6.12. The number of aryl methyl sites for hydroxylation is 2. The first-order valence-corrected chi connectivity index (χ1v) is 9.72. The highest BCUT2D eigenvalue weighted by atomic mass is 32.2. The number of hydrogen-bond donors (Lipinski definition) is 0. The Morgan fingerprint density at radius 2 is 1.72 bits per heavy atom. The molecule has 132 valence electrons. The second kappa shape index (κ2) is 7.37. The molecule has 0 spiro atoms. The van der Waals surface area contributed by atoms with E-state index >= 15 is 0 Å². The largest absolute Gasteiger partial charge is 0.378 e. The van der Waals surface area contributed by atoms with E-state index in [-0.39, 0.29) is 4.90 Å². The molecule has 0 aliphatic carbocycles. The Morgan fingerprint density at radius 1 is 1.04 bits per heavy atom. The van der Waals surface area contributed by atoms with Gasteiger partial charge in [-0.25, -0.2) is 0 Å². The van der Waals surface area contributed by atoms with Gasteiger partial charge >= 0.3 is 0 Å². The van der Waals surface area contributed by atoms with E-state index in [1.54, 1.807) is 13.0 Å². The van der Waals surface area contributed by atoms with E-state index in [9.17, 15) is 8.42 Å². The van der Waals surface area contributed by atoms with Gasteiger partial charge in [0.1, 0.15) is 5.84 Å². The molecule has 6 heteroatoms. The summed E-state index contributed by atoms with van der Waals surface area (Å²) in [4.78, 5) is 2.23. The number of benzene rings is 2. The molecule has 1 fully saturated rings. The predicted octanol–water partition coefficient (Wildman–Crippen LogP) is 2.77. The Morgan fingerprint density at radius 3 is 2.40 bits per heavy atom. The summed E-state index contributed by atoms with van der Waals surface area (Å²) in [6.45, 7) is 6.04. The van der Waals surface area contributed by atoms with Crippen molar-refractivity contribution in [2.24, 2.45) is 4.40 Å². The zero-order valence-electron chi connectivity index (χ0n) is 14.5. The normalized spacial score (nSPS) is 16.1. The Hall–Kier alpha value is -2.18. The van der Waals surface area contributed by atoms with Gasteiger partial charge in [-0.1, -0.05) is 42.5 Å². The molecule has 0 N–H and O–H groups in total. The van der Waals surface area contributed by atoms with Gasteiger partial charge in [-0.05, 0) is 31.0 Å². The molecule has 1 saturated heterocycles. The molecule has 1 heterocycles. The van der Waals surface area contributed by atoms with Crippen molar-refractivity contribution >= 4 is 15.9 Å². The maximum Gasteiger partial charge on any atom is 0.284 e. The van der Waals surface area contributed by atoms with Gasteiger partial charge in [0, 0.05) is 18.7 Å². The molecule has 0 saturated carbocycles. The van der Waals surface area contributed by atoms with Crippen LogP contribution in [0.2, 0.25) is 0 Å². The minimum atomic E-state index is -3.80. The molecular formula is C19H22N2O3S. The van der Waals surface area contributed by atoms with Crippen molar-refractivity contribution < 1.29 is 13.2 Å². The molecule has 0 aromatic heterocycles. The Labute approximate surface area is 149 Å². The highest BCUT2D eigenvalue weighted by Crippen LogP contribution is 2.21. The monoisotopic (exact) mass is 358 g/mol. The lowest BCUT2D eigenvalue weighted by Gasteiger charge is -2.29. The quantitative estimate of drug-likeness (QED) is 0.625. The van der Waals surface area contributed by atoms with Gasteiger partial charge in [0.25, 0.3) is 10.0 Å². The maximum absolute atomic E-state index is 13.0. The lowest BCUT2D eigenvalue weighted by atomic mass is 10.2. The van der Waals surface area contributed by atoms with Crippen molar-refractivity contribution in [3.05, 3.63) is 65.2 Å². The second-order valence-corrected chi connectivity index (χ2v) is 7.70. The summed E-state index contributed by atoms with van der Waals surface area (Å²) in [7, 11) is -3.80. The fraction of sp³-hybridized carbons (Fsp3) is 0.316. The van der Waals surface area contributed by atoms with Crippen LogP contribution in [0.15, 0.2) is 57.8 Å². The Kier molecular flexibility index (Phi) is 5.20. The molecule has 0 atom stereocenters. The summed E-state index contributed by atoms with van der Waals surface area (Å²) in [5.41, 5.74) is 2.38. The molecule has 1 aliphatic rings. The third kappa shape index (κ3) is 4.08. The highest BCUT2D eigenvalue weighted by molar-refractivity contribution is 7.90. The van der Waals surface area contributed by atoms with Crippen LogP contribution in [0.3, 0.4) is 0 Å². The minimum Gasteiger partial charge on any atom is -0.378 e. The molecule has 0 unspecified atom stereocenters. The van der Waals surface area contributed by atoms with E-state index in [0.717, 1.165) is 11.1 Å². The van der Waals surface area contributed by atoms with E-state index in [0.29, 0.717) is 37.7 Å². The van der Waals surface area contributed by atoms with Gasteiger partial charge in [0.2, 0.25) is 0 Å². The number of hydrogen-bond acceptors (Lipinski definition) is 3. The van der Waals surface area contributed by atoms with Crippen LogP contribution >= 0.6 is 0 Å². The van der Waals surface area contributed by atoms with E-state index in [1.165, 1.54) is 0 Å². The summed E-state index contributed by atoms with van der Waals surface area (Å²) in [6, 6.07) is 14.8. The number of rotatable bonds is 3. The third-order valence-corrected chi connectivity index (χ3v) is 5.58. The van der Waals surface area contributed by atoms with Crippen LogP contribution in [0.5, 0.6) is 0 Å². The first-order chi connectivity index (χ1) is 12.0. The van der Waals surface area contributed by atoms with Gasteiger partial charge in [0.05, 0.1) is 18.1 Å². The third-order valence-electron chi connectivity index (χ3n) is 4.17. The van der Waals surface area contributed by atoms with Gasteiger partial charge in [-0.3, -0.25) is 0 Å². The van der Waals surface area contributed by atoms with Gasteiger partial charge in [0.15, 0.2) is 0 Å². The van der Waals surface area contributed by atoms with Crippen LogP contribution in [0.25, 0.3) is 0 Å². The predicted molar refractivity (Wildman–Crippen MR) is 98.5 cm³/mol. The van der Waals surface area contributed by atoms with Crippen LogP contribution in [0, 0.1) is 13.8 Å². The van der Waals surface area contributed by atoms with Gasteiger partial charge in [-0.2, -0.15) is 8.42 Å². The van der Waals surface area contributed by atoms with Crippen LogP contribution in [0.4, 0.5) is 0 Å². The molecule has 0 radical (unpaired) electrons. The van der Waals surface area contributed by atoms with E-state index in [4.69, 9.17) is 4.74 Å². The van der Waals surface area contributed by atoms with Gasteiger partial charge in [-0.15, -0.1) is 4.40 Å². The number of nitrogens with zero attached hydrogens (tertiary/aromatic N) is 2. The summed E-state index contributed by atoms with van der Waals surface area (Å²) in [6.07, 6.45) is 0. The zero-order valence-corrected chi connectivity index (χ0v) is 15.3. The first kappa shape index (κ1) is 17.6. The number of ether oxygens (including phenoxy) is 1. The molecule has 3 rings (SSSR count). The molecule has 1 aliphatic heterocycles. The maximum atomic E-state index is 13.0. The van der Waals surface area contributed by atoms with Crippen LogP contribution < -0.4 is 0 Å². The molecule has 2 aromatic carbocycles. The fourth-order valence-corrected chi connectivity index (χ4v) is 4.16. The highest BCUT2D eigenvalue weighted by Gasteiger charge is 2.22. The molecule has 25 heavy (non-hydrogen) atoms. The molecule has 0 bridgehead atoms. The average molecular weight is 358 g/mol. The average Bonchev–Trinajstić information content (AvgIpc) is 2.63. The van der Waals surface area contributed by atoms with Crippen molar-refractivity contribution in [3.8, 4) is 0 Å². The molecule has 5 nitrogen and oxygen atoms in total. The van der Waals surface area contributed by atoms with Crippen molar-refractivity contribution in [1.29, 1.82) is 0 Å². The summed E-state index contributed by atoms with van der Waals surface area (Å²) in [5, 5.41) is 0. The summed E-state index contributed by atoms with van der Waals surface area (Å²) in [5.74, 6) is 0.477. The first-order valence-electron chi connectivity index (χ1n) is 8.28. The van der Waals surface area contributed by atoms with Crippen molar-refractivity contribution in [2.75, 3.05) is 26.3 Å². The van der Waals surface area contributed by atoms with E-state index < -0.39 is 10.0 Å². The molecule has 2 aromatic rings. The van der Waals surface area contributed by atoms with Crippen LogP contribution in [-0.2, 0) is 14.8 Å². The molecular weight excluding hydrogens is 336 g/mol. The van der Waals surface area contributed by atoms with Gasteiger partial charge < -0.3 is 9.64 Å². The number of amidine groups is 1. The van der Waals surface area contributed by atoms with Crippen LogP contribution in [-0.4, -0.2) is 45.5 Å². The Bertz CT molecular complexity index is 871. The number of morpholine rings is 1. The Balaban J connectivity index is 2.09. The summed E-state index contributed by atoms with van der Waals surface area (Å²) < 4.78 is 35.6. The standard InChI is InChI=1S/C19H22N2O3S/c1-15-8-9-16(2)18(14-15)25(22,23)20-19(17-6-4-3-5-7-17)21-10-12-24-13-11-21/h3-9,14H,10-13H2,1-2H3/b20-19-. The molecule has 0 amide bonds. The lowest BCUT2D eigenvalue weighted by molar-refractivity contribution is 0.0683. The van der Waals surface area contributed by atoms with Crippen molar-refractivity contribution in [3.63, 3.8) is 0 Å². The summed E-state index contributed by atoms with van der Waals surface area (Å²) >= 11 is 0. The SMILES string of the molecule is Cc1ccc(C)c(S(=O)(=O)/N=C(/c2ccccc2)N2CCOCC2)c1. The lowest BCUT2D eigenvalue weighted by Crippen LogP contribution is -2.41.